The highest BCUT2D eigenvalue weighted by molar-refractivity contribution is 7.15. The molecule has 0 bridgehead atoms. The number of halogens is 5. The highest BCUT2D eigenvalue weighted by Crippen LogP contribution is 2.33. The van der Waals surface area contributed by atoms with Crippen LogP contribution in [0.5, 0.6) is 0 Å². The van der Waals surface area contributed by atoms with E-state index in [1.807, 2.05) is 0 Å². The van der Waals surface area contributed by atoms with Crippen molar-refractivity contribution in [2.24, 2.45) is 0 Å². The van der Waals surface area contributed by atoms with Crippen molar-refractivity contribution in [3.05, 3.63) is 22.9 Å². The molecule has 154 valence electrons. The van der Waals surface area contributed by atoms with Crippen molar-refractivity contribution in [1.82, 2.24) is 20.1 Å². The van der Waals surface area contributed by atoms with Crippen LogP contribution >= 0.6 is 11.3 Å². The second-order valence-corrected chi connectivity index (χ2v) is 7.13. The predicted molar refractivity (Wildman–Crippen MR) is 86.3 cm³/mol. The van der Waals surface area contributed by atoms with Gasteiger partial charge in [-0.1, -0.05) is 5.16 Å². The molecule has 28 heavy (non-hydrogen) atoms. The van der Waals surface area contributed by atoms with Crippen molar-refractivity contribution < 1.29 is 36.1 Å². The van der Waals surface area contributed by atoms with Crippen LogP contribution in [-0.2, 0) is 17.6 Å². The second-order valence-electron chi connectivity index (χ2n) is 5.96. The summed E-state index contributed by atoms with van der Waals surface area (Å²) < 4.78 is 67.4. The van der Waals surface area contributed by atoms with Crippen LogP contribution in [0, 0.1) is 0 Å². The molecule has 7 nitrogen and oxygen atoms in total. The number of thiophene rings is 1. The average molecular weight is 426 g/mol. The van der Waals surface area contributed by atoms with E-state index in [0.29, 0.717) is 22.6 Å². The van der Waals surface area contributed by atoms with E-state index >= 15 is 0 Å². The van der Waals surface area contributed by atoms with Gasteiger partial charge in [0.1, 0.15) is 0 Å². The molecule has 0 atom stereocenters. The van der Waals surface area contributed by atoms with E-state index in [1.165, 1.54) is 13.2 Å². The highest BCUT2D eigenvalue weighted by Gasteiger charge is 2.39. The van der Waals surface area contributed by atoms with Crippen molar-refractivity contribution in [2.75, 3.05) is 13.7 Å². The largest absolute Gasteiger partial charge is 0.471 e. The molecular formula is C15H15F5N4O3S. The van der Waals surface area contributed by atoms with E-state index in [0.717, 1.165) is 21.3 Å². The Morgan fingerprint density at radius 1 is 1.39 bits per heavy atom. The number of hydrogen-bond donors (Lipinski definition) is 0. The predicted octanol–water partition coefficient (Wildman–Crippen LogP) is 4.03. The number of hydrogen-bond acceptors (Lipinski definition) is 6. The summed E-state index contributed by atoms with van der Waals surface area (Å²) in [5.41, 5.74) is 0. The average Bonchev–Trinajstić information content (AvgIpc) is 3.14. The van der Waals surface area contributed by atoms with Crippen molar-refractivity contribution in [1.29, 1.82) is 0 Å². The first kappa shape index (κ1) is 20.5. The zero-order chi connectivity index (χ0) is 20.5. The van der Waals surface area contributed by atoms with Crippen LogP contribution < -0.4 is 0 Å². The molecule has 0 saturated heterocycles. The van der Waals surface area contributed by atoms with Crippen LogP contribution in [0.25, 0.3) is 10.7 Å². The van der Waals surface area contributed by atoms with Crippen LogP contribution in [0.4, 0.5) is 26.7 Å². The van der Waals surface area contributed by atoms with E-state index in [9.17, 15) is 26.7 Å². The summed E-state index contributed by atoms with van der Waals surface area (Å²) in [6.45, 7) is -0.765. The SMILES string of the molecule is CON(Cc1ccc(-c2noc(C(F)(F)F)n2)s1)C(=O)N(CC(F)F)C1CC1. The van der Waals surface area contributed by atoms with Gasteiger partial charge in [-0.05, 0) is 25.0 Å². The van der Waals surface area contributed by atoms with Gasteiger partial charge in [0.25, 0.3) is 6.43 Å². The number of rotatable bonds is 7. The summed E-state index contributed by atoms with van der Waals surface area (Å²) >= 11 is 1.03. The fourth-order valence-corrected chi connectivity index (χ4v) is 3.35. The van der Waals surface area contributed by atoms with Gasteiger partial charge in [0.05, 0.1) is 25.1 Å². The molecule has 1 aliphatic rings. The smallest absolute Gasteiger partial charge is 0.329 e. The molecule has 0 aromatic carbocycles. The van der Waals surface area contributed by atoms with Crippen LogP contribution in [0.3, 0.4) is 0 Å². The molecule has 2 aromatic heterocycles. The lowest BCUT2D eigenvalue weighted by molar-refractivity contribution is -0.159. The van der Waals surface area contributed by atoms with Crippen LogP contribution in [0.1, 0.15) is 23.6 Å². The first-order chi connectivity index (χ1) is 13.2. The van der Waals surface area contributed by atoms with E-state index in [1.54, 1.807) is 6.07 Å². The van der Waals surface area contributed by atoms with E-state index in [4.69, 9.17) is 4.84 Å². The molecule has 0 radical (unpaired) electrons. The molecule has 2 amide bonds. The third-order valence-electron chi connectivity index (χ3n) is 3.85. The number of aromatic nitrogens is 2. The fraction of sp³-hybridized carbons (Fsp3) is 0.533. The molecule has 3 rings (SSSR count). The Labute approximate surface area is 159 Å². The topological polar surface area (TPSA) is 71.7 Å². The van der Waals surface area contributed by atoms with Gasteiger partial charge in [0.2, 0.25) is 5.82 Å². The molecular weight excluding hydrogens is 411 g/mol. The number of amides is 2. The molecule has 0 aliphatic heterocycles. The molecule has 0 spiro atoms. The molecule has 0 N–H and O–H groups in total. The summed E-state index contributed by atoms with van der Waals surface area (Å²) in [6.07, 6.45) is -6.11. The summed E-state index contributed by atoms with van der Waals surface area (Å²) in [5, 5.41) is 4.22. The van der Waals surface area contributed by atoms with Crippen molar-refractivity contribution in [3.8, 4) is 10.7 Å². The molecule has 2 heterocycles. The first-order valence-electron chi connectivity index (χ1n) is 8.09. The summed E-state index contributed by atoms with van der Waals surface area (Å²) in [6, 6.07) is 2.09. The van der Waals surface area contributed by atoms with Gasteiger partial charge in [-0.15, -0.1) is 11.3 Å². The van der Waals surface area contributed by atoms with Crippen molar-refractivity contribution >= 4 is 17.4 Å². The van der Waals surface area contributed by atoms with Gasteiger partial charge < -0.3 is 9.42 Å². The molecule has 2 aromatic rings. The summed E-state index contributed by atoms with van der Waals surface area (Å²) in [5.74, 6) is -1.70. The summed E-state index contributed by atoms with van der Waals surface area (Å²) in [7, 11) is 1.23. The normalized spacial score (nSPS) is 14.5. The van der Waals surface area contributed by atoms with Crippen LogP contribution in [-0.4, -0.2) is 52.3 Å². The highest BCUT2D eigenvalue weighted by atomic mass is 32.1. The fourth-order valence-electron chi connectivity index (χ4n) is 2.44. The van der Waals surface area contributed by atoms with E-state index in [2.05, 4.69) is 14.7 Å². The monoisotopic (exact) mass is 426 g/mol. The summed E-state index contributed by atoms with van der Waals surface area (Å²) in [4.78, 5) is 22.7. The molecule has 13 heteroatoms. The third-order valence-corrected chi connectivity index (χ3v) is 4.92. The van der Waals surface area contributed by atoms with Crippen LogP contribution in [0.2, 0.25) is 0 Å². The van der Waals surface area contributed by atoms with Gasteiger partial charge in [-0.2, -0.15) is 23.2 Å². The number of carbonyl (C=O) groups is 1. The lowest BCUT2D eigenvalue weighted by Gasteiger charge is -2.28. The van der Waals surface area contributed by atoms with Crippen molar-refractivity contribution in [3.63, 3.8) is 0 Å². The zero-order valence-corrected chi connectivity index (χ0v) is 15.3. The minimum atomic E-state index is -4.75. The number of nitrogens with zero attached hydrogens (tertiary/aromatic N) is 4. The Morgan fingerprint density at radius 3 is 2.64 bits per heavy atom. The van der Waals surface area contributed by atoms with E-state index < -0.39 is 31.1 Å². The molecule has 1 fully saturated rings. The van der Waals surface area contributed by atoms with Gasteiger partial charge >= 0.3 is 18.1 Å². The third kappa shape index (κ3) is 4.76. The van der Waals surface area contributed by atoms with Gasteiger partial charge in [0, 0.05) is 10.9 Å². The Kier molecular flexibility index (Phi) is 5.84. The maximum absolute atomic E-state index is 12.8. The van der Waals surface area contributed by atoms with Gasteiger partial charge in [0.15, 0.2) is 0 Å². The zero-order valence-electron chi connectivity index (χ0n) is 14.4. The van der Waals surface area contributed by atoms with Gasteiger partial charge in [-0.3, -0.25) is 4.84 Å². The lowest BCUT2D eigenvalue weighted by atomic mass is 10.4. The Morgan fingerprint density at radius 2 is 2.11 bits per heavy atom. The molecule has 1 saturated carbocycles. The Hall–Kier alpha value is -2.28. The maximum atomic E-state index is 12.8. The Balaban J connectivity index is 1.70. The number of hydroxylamine groups is 2. The van der Waals surface area contributed by atoms with Crippen LogP contribution in [0.15, 0.2) is 16.7 Å². The van der Waals surface area contributed by atoms with E-state index in [-0.39, 0.29) is 18.4 Å². The lowest BCUT2D eigenvalue weighted by Crippen LogP contribution is -2.45. The molecule has 1 aliphatic carbocycles. The Bertz CT molecular complexity index is 821. The van der Waals surface area contributed by atoms with Gasteiger partial charge in [-0.25, -0.2) is 13.6 Å². The number of alkyl halides is 5. The molecule has 0 unspecified atom stereocenters. The number of urea groups is 1. The standard InChI is InChI=1S/C15H15F5N4O3S/c1-26-24(14(25)23(7-11(16)17)8-2-3-8)6-9-4-5-10(28-9)12-21-13(27-22-12)15(18,19)20/h4-5,8,11H,2-3,6-7H2,1H3. The number of carbonyl (C=O) groups excluding carboxylic acids is 1. The minimum absolute atomic E-state index is 0.0730. The quantitative estimate of drug-likeness (QED) is 0.494. The maximum Gasteiger partial charge on any atom is 0.471 e. The first-order valence-corrected chi connectivity index (χ1v) is 8.91. The van der Waals surface area contributed by atoms with Crippen molar-refractivity contribution in [2.45, 2.75) is 38.0 Å². The second kappa shape index (κ2) is 7.99. The minimum Gasteiger partial charge on any atom is -0.329 e.